The zero-order chi connectivity index (χ0) is 8.43. The number of rotatable bonds is 0. The lowest BCUT2D eigenvalue weighted by atomic mass is 10.5. The van der Waals surface area contributed by atoms with Gasteiger partial charge in [-0.25, -0.2) is 0 Å². The van der Waals surface area contributed by atoms with Crippen LogP contribution in [0.1, 0.15) is 0 Å². The van der Waals surface area contributed by atoms with Crippen LogP contribution in [0, 0.1) is 0 Å². The Balaban J connectivity index is 2.74. The molecule has 0 aliphatic carbocycles. The van der Waals surface area contributed by atoms with Crippen LogP contribution in [-0.2, 0) is 9.59 Å². The Morgan fingerprint density at radius 1 is 1.55 bits per heavy atom. The van der Waals surface area contributed by atoms with E-state index in [1.165, 1.54) is 0 Å². The zero-order valence-corrected chi connectivity index (χ0v) is 6.94. The third-order valence-electron chi connectivity index (χ3n) is 1.18. The van der Waals surface area contributed by atoms with Gasteiger partial charge in [-0.3, -0.25) is 19.3 Å². The van der Waals surface area contributed by atoms with Gasteiger partial charge in [-0.15, -0.1) is 0 Å². The Morgan fingerprint density at radius 3 is 2.64 bits per heavy atom. The van der Waals surface area contributed by atoms with E-state index < -0.39 is 16.4 Å². The van der Waals surface area contributed by atoms with Gasteiger partial charge in [0.05, 0.1) is 0 Å². The van der Waals surface area contributed by atoms with E-state index >= 15 is 0 Å². The Morgan fingerprint density at radius 2 is 2.18 bits per heavy atom. The number of nitrogens with zero attached hydrogens (tertiary/aromatic N) is 1. The highest BCUT2D eigenvalue weighted by Gasteiger charge is 2.30. The molecule has 1 saturated heterocycles. The van der Waals surface area contributed by atoms with Crippen molar-refractivity contribution in [3.8, 4) is 0 Å². The fourth-order valence-corrected chi connectivity index (χ4v) is 1.53. The molecular formula is C5H4ClNO3S. The van der Waals surface area contributed by atoms with Crippen LogP contribution in [0.5, 0.6) is 0 Å². The number of hydrogen-bond donors (Lipinski definition) is 0. The SMILES string of the molecule is O=C1SCCN(C(=O)Cl)C1=O. The fourth-order valence-electron chi connectivity index (χ4n) is 0.671. The molecule has 60 valence electrons. The van der Waals surface area contributed by atoms with E-state index in [0.29, 0.717) is 5.75 Å². The molecule has 1 rings (SSSR count). The minimum absolute atomic E-state index is 0.220. The maximum Gasteiger partial charge on any atom is 0.323 e. The first kappa shape index (κ1) is 8.55. The first-order chi connectivity index (χ1) is 5.13. The van der Waals surface area contributed by atoms with Crippen LogP contribution in [-0.4, -0.2) is 33.6 Å². The Bertz CT molecular complexity index is 230. The van der Waals surface area contributed by atoms with E-state index in [9.17, 15) is 14.4 Å². The van der Waals surface area contributed by atoms with Crippen molar-refractivity contribution in [3.05, 3.63) is 0 Å². The molecular weight excluding hydrogens is 190 g/mol. The first-order valence-corrected chi connectivity index (χ1v) is 4.17. The van der Waals surface area contributed by atoms with Gasteiger partial charge >= 0.3 is 11.3 Å². The lowest BCUT2D eigenvalue weighted by molar-refractivity contribution is -0.138. The first-order valence-electron chi connectivity index (χ1n) is 2.81. The number of carbonyl (C=O) groups excluding carboxylic acids is 3. The summed E-state index contributed by atoms with van der Waals surface area (Å²) in [5, 5.41) is -1.51. The smallest absolute Gasteiger partial charge is 0.276 e. The van der Waals surface area contributed by atoms with Crippen molar-refractivity contribution in [1.29, 1.82) is 0 Å². The van der Waals surface area contributed by atoms with Gasteiger partial charge in [0.1, 0.15) is 0 Å². The average Bonchev–Trinajstić information content (AvgIpc) is 1.94. The summed E-state index contributed by atoms with van der Waals surface area (Å²) in [7, 11) is 0. The standard InChI is InChI=1S/C5H4ClNO3S/c6-5(10)7-1-2-11-4(9)3(7)8/h1-2H2. The molecule has 0 aromatic carbocycles. The molecule has 0 unspecified atom stereocenters. The van der Waals surface area contributed by atoms with Crippen molar-refractivity contribution < 1.29 is 14.4 Å². The van der Waals surface area contributed by atoms with E-state index in [-0.39, 0.29) is 6.54 Å². The van der Waals surface area contributed by atoms with Crippen molar-refractivity contribution in [2.45, 2.75) is 0 Å². The maximum atomic E-state index is 10.8. The van der Waals surface area contributed by atoms with Gasteiger partial charge in [0.15, 0.2) is 0 Å². The molecule has 0 spiro atoms. The van der Waals surface area contributed by atoms with Crippen LogP contribution < -0.4 is 0 Å². The predicted octanol–water partition coefficient (Wildman–Crippen LogP) is 0.447. The molecule has 0 atom stereocenters. The van der Waals surface area contributed by atoms with Crippen LogP contribution in [0.2, 0.25) is 0 Å². The molecule has 6 heteroatoms. The quantitative estimate of drug-likeness (QED) is 0.318. The summed E-state index contributed by atoms with van der Waals surface area (Å²) in [5.41, 5.74) is 0. The molecule has 0 saturated carbocycles. The molecule has 0 bridgehead atoms. The number of carbonyl (C=O) groups is 3. The van der Waals surface area contributed by atoms with Gasteiger partial charge in [0, 0.05) is 12.3 Å². The van der Waals surface area contributed by atoms with Gasteiger partial charge < -0.3 is 0 Å². The highest BCUT2D eigenvalue weighted by molar-refractivity contribution is 8.15. The van der Waals surface area contributed by atoms with Gasteiger partial charge in [0.2, 0.25) is 0 Å². The minimum atomic E-state index is -0.886. The molecule has 1 aliphatic rings. The minimum Gasteiger partial charge on any atom is -0.276 e. The van der Waals surface area contributed by atoms with E-state index in [1.807, 2.05) is 0 Å². The maximum absolute atomic E-state index is 10.8. The number of amides is 2. The summed E-state index contributed by atoms with van der Waals surface area (Å²) in [6, 6.07) is 0. The molecule has 1 aliphatic heterocycles. The molecule has 0 N–H and O–H groups in total. The Labute approximate surface area is 71.9 Å². The van der Waals surface area contributed by atoms with Crippen LogP contribution in [0.25, 0.3) is 0 Å². The van der Waals surface area contributed by atoms with Crippen LogP contribution in [0.4, 0.5) is 4.79 Å². The summed E-state index contributed by atoms with van der Waals surface area (Å²) >= 11 is 5.93. The molecule has 4 nitrogen and oxygen atoms in total. The number of thioether (sulfide) groups is 1. The molecule has 11 heavy (non-hydrogen) atoms. The lowest BCUT2D eigenvalue weighted by Crippen LogP contribution is -2.42. The van der Waals surface area contributed by atoms with E-state index in [0.717, 1.165) is 16.7 Å². The molecule has 0 aromatic rings. The van der Waals surface area contributed by atoms with Gasteiger partial charge in [-0.05, 0) is 11.6 Å². The Kier molecular flexibility index (Phi) is 2.51. The molecule has 2 amide bonds. The van der Waals surface area contributed by atoms with Crippen molar-refractivity contribution in [2.75, 3.05) is 12.3 Å². The Hall–Kier alpha value is -0.550. The third kappa shape index (κ3) is 1.72. The van der Waals surface area contributed by atoms with Crippen LogP contribution >= 0.6 is 23.4 Å². The van der Waals surface area contributed by atoms with Gasteiger partial charge in [-0.2, -0.15) is 0 Å². The van der Waals surface area contributed by atoms with Crippen molar-refractivity contribution >= 4 is 39.8 Å². The number of imide groups is 1. The number of halogens is 1. The van der Waals surface area contributed by atoms with Gasteiger partial charge in [-0.1, -0.05) is 11.8 Å². The molecule has 1 fully saturated rings. The second kappa shape index (κ2) is 3.23. The highest BCUT2D eigenvalue weighted by Crippen LogP contribution is 2.13. The summed E-state index contributed by atoms with van der Waals surface area (Å²) in [4.78, 5) is 32.7. The average molecular weight is 194 g/mol. The van der Waals surface area contributed by atoms with Crippen LogP contribution in [0.3, 0.4) is 0 Å². The highest BCUT2D eigenvalue weighted by atomic mass is 35.5. The monoisotopic (exact) mass is 193 g/mol. The number of hydrogen-bond acceptors (Lipinski definition) is 4. The van der Waals surface area contributed by atoms with E-state index in [1.54, 1.807) is 0 Å². The largest absolute Gasteiger partial charge is 0.323 e. The summed E-state index contributed by atoms with van der Waals surface area (Å²) in [5.74, 6) is -0.385. The summed E-state index contributed by atoms with van der Waals surface area (Å²) < 4.78 is 0. The topological polar surface area (TPSA) is 54.5 Å². The zero-order valence-electron chi connectivity index (χ0n) is 5.37. The molecule has 0 radical (unpaired) electrons. The second-order valence-corrected chi connectivity index (χ2v) is 3.24. The van der Waals surface area contributed by atoms with Crippen LogP contribution in [0.15, 0.2) is 0 Å². The normalized spacial score (nSPS) is 18.8. The molecule has 1 heterocycles. The van der Waals surface area contributed by atoms with Crippen molar-refractivity contribution in [2.24, 2.45) is 0 Å². The summed E-state index contributed by atoms with van der Waals surface area (Å²) in [6.45, 7) is 0.220. The molecule has 0 aromatic heterocycles. The lowest BCUT2D eigenvalue weighted by Gasteiger charge is -2.19. The summed E-state index contributed by atoms with van der Waals surface area (Å²) in [6.07, 6.45) is 0. The third-order valence-corrected chi connectivity index (χ3v) is 2.21. The predicted molar refractivity (Wildman–Crippen MR) is 40.4 cm³/mol. The van der Waals surface area contributed by atoms with Gasteiger partial charge in [0.25, 0.3) is 5.12 Å². The van der Waals surface area contributed by atoms with E-state index in [2.05, 4.69) is 0 Å². The van der Waals surface area contributed by atoms with Crippen molar-refractivity contribution in [1.82, 2.24) is 4.90 Å². The van der Waals surface area contributed by atoms with E-state index in [4.69, 9.17) is 11.6 Å². The van der Waals surface area contributed by atoms with Crippen molar-refractivity contribution in [3.63, 3.8) is 0 Å². The fraction of sp³-hybridized carbons (Fsp3) is 0.400. The second-order valence-electron chi connectivity index (χ2n) is 1.85.